The van der Waals surface area contributed by atoms with Crippen LogP contribution >= 0.6 is 24.8 Å². The molecule has 1 aromatic rings. The number of pyridine rings is 1. The zero-order valence-electron chi connectivity index (χ0n) is 10.8. The van der Waals surface area contributed by atoms with Crippen LogP contribution in [0.15, 0.2) is 24.5 Å². The van der Waals surface area contributed by atoms with Gasteiger partial charge in [-0.3, -0.25) is 9.88 Å². The van der Waals surface area contributed by atoms with Gasteiger partial charge in [-0.2, -0.15) is 13.2 Å². The van der Waals surface area contributed by atoms with Crippen molar-refractivity contribution >= 4 is 24.8 Å². The topological polar surface area (TPSA) is 28.2 Å². The Balaban J connectivity index is 0.00000180. The summed E-state index contributed by atoms with van der Waals surface area (Å²) in [5.41, 5.74) is 0.636. The van der Waals surface area contributed by atoms with Crippen molar-refractivity contribution in [3.05, 3.63) is 30.1 Å². The van der Waals surface area contributed by atoms with Gasteiger partial charge >= 0.3 is 6.18 Å². The fourth-order valence-corrected chi connectivity index (χ4v) is 2.24. The monoisotopic (exact) mass is 331 g/mol. The second kappa shape index (κ2) is 8.67. The quantitative estimate of drug-likeness (QED) is 0.923. The molecule has 1 N–H and O–H groups in total. The summed E-state index contributed by atoms with van der Waals surface area (Å²) in [5, 5.41) is 3.15. The predicted octanol–water partition coefficient (Wildman–Crippen LogP) is 2.82. The number of aromatic nitrogens is 1. The van der Waals surface area contributed by atoms with Gasteiger partial charge < -0.3 is 5.32 Å². The summed E-state index contributed by atoms with van der Waals surface area (Å²) < 4.78 is 38.1. The molecule has 1 aliphatic heterocycles. The summed E-state index contributed by atoms with van der Waals surface area (Å²) in [4.78, 5) is 5.80. The highest BCUT2D eigenvalue weighted by Crippen LogP contribution is 2.33. The van der Waals surface area contributed by atoms with Crippen LogP contribution in [0.4, 0.5) is 13.2 Å². The van der Waals surface area contributed by atoms with E-state index in [1.165, 1.54) is 6.20 Å². The van der Waals surface area contributed by atoms with E-state index in [1.807, 2.05) is 4.90 Å². The van der Waals surface area contributed by atoms with Gasteiger partial charge in [0.05, 0.1) is 6.42 Å². The van der Waals surface area contributed by atoms with Crippen LogP contribution in [0, 0.1) is 0 Å². The van der Waals surface area contributed by atoms with E-state index < -0.39 is 18.6 Å². The van der Waals surface area contributed by atoms with Crippen LogP contribution in [0.2, 0.25) is 0 Å². The number of piperazine rings is 1. The molecule has 2 heterocycles. The lowest BCUT2D eigenvalue weighted by Crippen LogP contribution is -2.46. The fourth-order valence-electron chi connectivity index (χ4n) is 2.24. The number of nitrogens with zero attached hydrogens (tertiary/aromatic N) is 2. The predicted molar refractivity (Wildman–Crippen MR) is 76.6 cm³/mol. The highest BCUT2D eigenvalue weighted by molar-refractivity contribution is 5.85. The second-order valence-electron chi connectivity index (χ2n) is 4.41. The van der Waals surface area contributed by atoms with Gasteiger partial charge in [0, 0.05) is 44.6 Å². The van der Waals surface area contributed by atoms with Crippen LogP contribution in [0.5, 0.6) is 0 Å². The van der Waals surface area contributed by atoms with Crippen LogP contribution < -0.4 is 5.32 Å². The molecular weight excluding hydrogens is 314 g/mol. The van der Waals surface area contributed by atoms with E-state index in [9.17, 15) is 13.2 Å². The van der Waals surface area contributed by atoms with E-state index in [2.05, 4.69) is 10.3 Å². The SMILES string of the molecule is Cl.Cl.FC(F)(F)C[C@@H](c1cccnc1)N1CCNCC1. The van der Waals surface area contributed by atoms with Crippen molar-refractivity contribution in [2.24, 2.45) is 0 Å². The number of alkyl halides is 3. The highest BCUT2D eigenvalue weighted by Gasteiger charge is 2.35. The third-order valence-electron chi connectivity index (χ3n) is 3.09. The molecule has 1 saturated heterocycles. The van der Waals surface area contributed by atoms with Gasteiger partial charge in [0.1, 0.15) is 0 Å². The van der Waals surface area contributed by atoms with Crippen molar-refractivity contribution in [3.8, 4) is 0 Å². The van der Waals surface area contributed by atoms with Crippen LogP contribution in [0.3, 0.4) is 0 Å². The average molecular weight is 332 g/mol. The smallest absolute Gasteiger partial charge is 0.314 e. The molecule has 0 aromatic carbocycles. The molecule has 0 saturated carbocycles. The molecule has 1 aromatic heterocycles. The molecule has 0 aliphatic carbocycles. The standard InChI is InChI=1S/C12H16F3N3.2ClH/c13-12(14,15)8-11(10-2-1-3-17-9-10)18-6-4-16-5-7-18;;/h1-3,9,11,16H,4-8H2;2*1H/t11-;;/m0../s1. The van der Waals surface area contributed by atoms with Crippen LogP contribution in [0.1, 0.15) is 18.0 Å². The Morgan fingerprint density at radius 1 is 1.25 bits per heavy atom. The maximum Gasteiger partial charge on any atom is 0.390 e. The summed E-state index contributed by atoms with van der Waals surface area (Å²) in [6.07, 6.45) is -1.88. The first kappa shape index (κ1) is 19.4. The Kier molecular flexibility index (Phi) is 8.42. The van der Waals surface area contributed by atoms with E-state index >= 15 is 0 Å². The zero-order chi connectivity index (χ0) is 13.0. The highest BCUT2D eigenvalue weighted by atomic mass is 35.5. The van der Waals surface area contributed by atoms with E-state index in [1.54, 1.807) is 18.3 Å². The normalized spacial score (nSPS) is 17.8. The summed E-state index contributed by atoms with van der Waals surface area (Å²) in [6, 6.07) is 2.77. The molecule has 1 fully saturated rings. The molecule has 2 rings (SSSR count). The minimum atomic E-state index is -4.16. The first-order chi connectivity index (χ1) is 8.56. The van der Waals surface area contributed by atoms with Gasteiger partial charge in [-0.15, -0.1) is 24.8 Å². The Morgan fingerprint density at radius 3 is 2.40 bits per heavy atom. The average Bonchev–Trinajstić information content (AvgIpc) is 2.37. The summed E-state index contributed by atoms with van der Waals surface area (Å²) >= 11 is 0. The minimum Gasteiger partial charge on any atom is -0.314 e. The van der Waals surface area contributed by atoms with Crippen molar-refractivity contribution in [2.75, 3.05) is 26.2 Å². The summed E-state index contributed by atoms with van der Waals surface area (Å²) in [7, 11) is 0. The van der Waals surface area contributed by atoms with Crippen molar-refractivity contribution in [2.45, 2.75) is 18.6 Å². The van der Waals surface area contributed by atoms with Gasteiger partial charge in [0.15, 0.2) is 0 Å². The summed E-state index contributed by atoms with van der Waals surface area (Å²) in [5.74, 6) is 0. The molecule has 1 aliphatic rings. The van der Waals surface area contributed by atoms with Crippen molar-refractivity contribution < 1.29 is 13.2 Å². The van der Waals surface area contributed by atoms with Crippen molar-refractivity contribution in [1.82, 2.24) is 15.2 Å². The van der Waals surface area contributed by atoms with E-state index in [0.717, 1.165) is 13.1 Å². The van der Waals surface area contributed by atoms with Gasteiger partial charge in [0.25, 0.3) is 0 Å². The Hall–Kier alpha value is -0.560. The first-order valence-corrected chi connectivity index (χ1v) is 5.98. The number of nitrogens with one attached hydrogen (secondary N) is 1. The number of halogens is 5. The minimum absolute atomic E-state index is 0. The third kappa shape index (κ3) is 5.83. The van der Waals surface area contributed by atoms with Crippen LogP contribution in [-0.4, -0.2) is 42.2 Å². The Labute approximate surface area is 128 Å². The molecule has 0 radical (unpaired) electrons. The lowest BCUT2D eigenvalue weighted by molar-refractivity contribution is -0.148. The lowest BCUT2D eigenvalue weighted by atomic mass is 10.0. The molecule has 0 amide bonds. The largest absolute Gasteiger partial charge is 0.390 e. The number of rotatable bonds is 3. The molecule has 0 spiro atoms. The lowest BCUT2D eigenvalue weighted by Gasteiger charge is -2.35. The van der Waals surface area contributed by atoms with Gasteiger partial charge in [-0.1, -0.05) is 6.07 Å². The number of hydrogen-bond acceptors (Lipinski definition) is 3. The van der Waals surface area contributed by atoms with Gasteiger partial charge in [0.2, 0.25) is 0 Å². The van der Waals surface area contributed by atoms with E-state index in [-0.39, 0.29) is 24.8 Å². The molecule has 3 nitrogen and oxygen atoms in total. The molecule has 0 bridgehead atoms. The summed E-state index contributed by atoms with van der Waals surface area (Å²) in [6.45, 7) is 2.73. The maximum atomic E-state index is 12.7. The Bertz CT molecular complexity index is 370. The van der Waals surface area contributed by atoms with Crippen molar-refractivity contribution in [1.29, 1.82) is 0 Å². The van der Waals surface area contributed by atoms with Crippen molar-refractivity contribution in [3.63, 3.8) is 0 Å². The van der Waals surface area contributed by atoms with E-state index in [4.69, 9.17) is 0 Å². The molecule has 20 heavy (non-hydrogen) atoms. The van der Waals surface area contributed by atoms with Crippen LogP contribution in [0.25, 0.3) is 0 Å². The number of hydrogen-bond donors (Lipinski definition) is 1. The Morgan fingerprint density at radius 2 is 1.90 bits per heavy atom. The fraction of sp³-hybridized carbons (Fsp3) is 0.583. The molecule has 116 valence electrons. The van der Waals surface area contributed by atoms with E-state index in [0.29, 0.717) is 18.7 Å². The second-order valence-corrected chi connectivity index (χ2v) is 4.41. The zero-order valence-corrected chi connectivity index (χ0v) is 12.4. The van der Waals surface area contributed by atoms with Gasteiger partial charge in [-0.25, -0.2) is 0 Å². The van der Waals surface area contributed by atoms with Gasteiger partial charge in [-0.05, 0) is 11.6 Å². The third-order valence-corrected chi connectivity index (χ3v) is 3.09. The molecule has 0 unspecified atom stereocenters. The molecule has 1 atom stereocenters. The van der Waals surface area contributed by atoms with Crippen LogP contribution in [-0.2, 0) is 0 Å². The first-order valence-electron chi connectivity index (χ1n) is 5.98. The molecular formula is C12H18Cl2F3N3. The maximum absolute atomic E-state index is 12.7. The molecule has 8 heteroatoms.